The second-order valence-electron chi connectivity index (χ2n) is 5.58. The maximum absolute atomic E-state index is 5.44. The van der Waals surface area contributed by atoms with Crippen LogP contribution in [0.5, 0.6) is 0 Å². The van der Waals surface area contributed by atoms with Crippen molar-refractivity contribution in [2.24, 2.45) is 5.92 Å². The van der Waals surface area contributed by atoms with Gasteiger partial charge in [0.15, 0.2) is 0 Å². The fourth-order valence-corrected chi connectivity index (χ4v) is 2.75. The van der Waals surface area contributed by atoms with Crippen LogP contribution in [-0.4, -0.2) is 19.8 Å². The van der Waals surface area contributed by atoms with E-state index in [0.717, 1.165) is 25.7 Å². The van der Waals surface area contributed by atoms with E-state index in [1.54, 1.807) is 0 Å². The van der Waals surface area contributed by atoms with E-state index in [0.29, 0.717) is 6.04 Å². The van der Waals surface area contributed by atoms with Gasteiger partial charge in [-0.3, -0.25) is 0 Å². The molecule has 1 fully saturated rings. The summed E-state index contributed by atoms with van der Waals surface area (Å²) in [5, 5.41) is 3.74. The third-order valence-electron chi connectivity index (χ3n) is 4.02. The molecular weight excluding hydrogens is 234 g/mol. The predicted molar refractivity (Wildman–Crippen MR) is 80.3 cm³/mol. The molecule has 19 heavy (non-hydrogen) atoms. The Kier molecular flexibility index (Phi) is 6.38. The van der Waals surface area contributed by atoms with Crippen molar-refractivity contribution < 1.29 is 4.74 Å². The van der Waals surface area contributed by atoms with Gasteiger partial charge in [-0.2, -0.15) is 0 Å². The van der Waals surface area contributed by atoms with Gasteiger partial charge >= 0.3 is 0 Å². The van der Waals surface area contributed by atoms with Gasteiger partial charge in [-0.05, 0) is 37.3 Å². The highest BCUT2D eigenvalue weighted by Gasteiger charge is 2.16. The monoisotopic (exact) mass is 261 g/mol. The smallest absolute Gasteiger partial charge is 0.0495 e. The Labute approximate surface area is 117 Å². The summed E-state index contributed by atoms with van der Waals surface area (Å²) < 4.78 is 5.44. The molecule has 1 N–H and O–H groups in total. The molecule has 0 aliphatic carbocycles. The molecule has 0 spiro atoms. The SMILES string of the molecule is CCCCC(NCCC1CCOC1)c1ccccc1. The molecule has 1 aliphatic heterocycles. The van der Waals surface area contributed by atoms with E-state index in [2.05, 4.69) is 42.6 Å². The van der Waals surface area contributed by atoms with Crippen molar-refractivity contribution in [2.75, 3.05) is 19.8 Å². The summed E-state index contributed by atoms with van der Waals surface area (Å²) in [6, 6.07) is 11.4. The van der Waals surface area contributed by atoms with E-state index in [9.17, 15) is 0 Å². The molecule has 2 unspecified atom stereocenters. The van der Waals surface area contributed by atoms with Crippen molar-refractivity contribution >= 4 is 0 Å². The van der Waals surface area contributed by atoms with E-state index in [-0.39, 0.29) is 0 Å². The summed E-state index contributed by atoms with van der Waals surface area (Å²) in [6.45, 7) is 5.30. The highest BCUT2D eigenvalue weighted by atomic mass is 16.5. The normalized spacial score (nSPS) is 20.6. The Morgan fingerprint density at radius 2 is 2.16 bits per heavy atom. The molecule has 0 bridgehead atoms. The maximum atomic E-state index is 5.44. The van der Waals surface area contributed by atoms with Crippen LogP contribution in [0.3, 0.4) is 0 Å². The average Bonchev–Trinajstić information content (AvgIpc) is 2.97. The van der Waals surface area contributed by atoms with Crippen molar-refractivity contribution in [3.05, 3.63) is 35.9 Å². The molecule has 2 nitrogen and oxygen atoms in total. The van der Waals surface area contributed by atoms with Crippen molar-refractivity contribution in [3.8, 4) is 0 Å². The first-order chi connectivity index (χ1) is 9.40. The molecule has 0 aromatic heterocycles. The van der Waals surface area contributed by atoms with E-state index in [1.807, 2.05) is 0 Å². The lowest BCUT2D eigenvalue weighted by molar-refractivity contribution is 0.184. The van der Waals surface area contributed by atoms with Crippen molar-refractivity contribution in [3.63, 3.8) is 0 Å². The van der Waals surface area contributed by atoms with Crippen LogP contribution in [0, 0.1) is 5.92 Å². The van der Waals surface area contributed by atoms with Crippen LogP contribution in [0.25, 0.3) is 0 Å². The Hall–Kier alpha value is -0.860. The molecule has 1 aromatic carbocycles. The van der Waals surface area contributed by atoms with E-state index in [4.69, 9.17) is 4.74 Å². The lowest BCUT2D eigenvalue weighted by atomic mass is 10.00. The van der Waals surface area contributed by atoms with Gasteiger partial charge in [-0.15, -0.1) is 0 Å². The summed E-state index contributed by atoms with van der Waals surface area (Å²) >= 11 is 0. The Morgan fingerprint density at radius 1 is 1.32 bits per heavy atom. The molecule has 2 atom stereocenters. The predicted octanol–water partition coefficient (Wildman–Crippen LogP) is 3.93. The molecule has 0 saturated carbocycles. The van der Waals surface area contributed by atoms with E-state index >= 15 is 0 Å². The first kappa shape index (κ1) is 14.5. The van der Waals surface area contributed by atoms with Crippen LogP contribution < -0.4 is 5.32 Å². The molecule has 2 heteroatoms. The van der Waals surface area contributed by atoms with Gasteiger partial charge in [0.25, 0.3) is 0 Å². The standard InChI is InChI=1S/C17H27NO/c1-2-3-9-17(16-7-5-4-6-8-16)18-12-10-15-11-13-19-14-15/h4-8,15,17-18H,2-3,9-14H2,1H3. The van der Waals surface area contributed by atoms with Crippen LogP contribution in [0.4, 0.5) is 0 Å². The Bertz CT molecular complexity index is 332. The lowest BCUT2D eigenvalue weighted by Crippen LogP contribution is -2.24. The Balaban J connectivity index is 1.79. The topological polar surface area (TPSA) is 21.3 Å². The van der Waals surface area contributed by atoms with Crippen LogP contribution >= 0.6 is 0 Å². The quantitative estimate of drug-likeness (QED) is 0.765. The zero-order chi connectivity index (χ0) is 13.3. The Morgan fingerprint density at radius 3 is 2.84 bits per heavy atom. The average molecular weight is 261 g/mol. The van der Waals surface area contributed by atoms with Gasteiger partial charge < -0.3 is 10.1 Å². The molecule has 1 aliphatic rings. The van der Waals surface area contributed by atoms with Crippen molar-refractivity contribution in [2.45, 2.75) is 45.1 Å². The highest BCUT2D eigenvalue weighted by molar-refractivity contribution is 5.18. The number of ether oxygens (including phenoxy) is 1. The summed E-state index contributed by atoms with van der Waals surface area (Å²) in [7, 11) is 0. The highest BCUT2D eigenvalue weighted by Crippen LogP contribution is 2.20. The molecule has 1 heterocycles. The third-order valence-corrected chi connectivity index (χ3v) is 4.02. The third kappa shape index (κ3) is 4.96. The second kappa shape index (κ2) is 8.34. The molecule has 2 rings (SSSR count). The molecular formula is C17H27NO. The number of benzene rings is 1. The number of rotatable bonds is 8. The fraction of sp³-hybridized carbons (Fsp3) is 0.647. The van der Waals surface area contributed by atoms with Gasteiger partial charge in [-0.25, -0.2) is 0 Å². The second-order valence-corrected chi connectivity index (χ2v) is 5.58. The van der Waals surface area contributed by atoms with E-state index in [1.165, 1.54) is 37.7 Å². The zero-order valence-corrected chi connectivity index (χ0v) is 12.1. The first-order valence-electron chi connectivity index (χ1n) is 7.76. The summed E-state index contributed by atoms with van der Waals surface area (Å²) in [5.74, 6) is 0.773. The molecule has 1 saturated heterocycles. The summed E-state index contributed by atoms with van der Waals surface area (Å²) in [6.07, 6.45) is 6.28. The van der Waals surface area contributed by atoms with Gasteiger partial charge in [0, 0.05) is 19.3 Å². The lowest BCUT2D eigenvalue weighted by Gasteiger charge is -2.20. The van der Waals surface area contributed by atoms with Crippen LogP contribution in [0.2, 0.25) is 0 Å². The maximum Gasteiger partial charge on any atom is 0.0495 e. The number of nitrogens with one attached hydrogen (secondary N) is 1. The molecule has 0 amide bonds. The molecule has 106 valence electrons. The van der Waals surface area contributed by atoms with Gasteiger partial charge in [-0.1, -0.05) is 50.1 Å². The summed E-state index contributed by atoms with van der Waals surface area (Å²) in [5.41, 5.74) is 1.43. The number of unbranched alkanes of at least 4 members (excludes halogenated alkanes) is 1. The van der Waals surface area contributed by atoms with Gasteiger partial charge in [0.1, 0.15) is 0 Å². The summed E-state index contributed by atoms with van der Waals surface area (Å²) in [4.78, 5) is 0. The van der Waals surface area contributed by atoms with E-state index < -0.39 is 0 Å². The largest absolute Gasteiger partial charge is 0.381 e. The molecule has 0 radical (unpaired) electrons. The first-order valence-corrected chi connectivity index (χ1v) is 7.76. The van der Waals surface area contributed by atoms with Crippen molar-refractivity contribution in [1.29, 1.82) is 0 Å². The minimum absolute atomic E-state index is 0.517. The molecule has 1 aromatic rings. The van der Waals surface area contributed by atoms with Crippen LogP contribution in [-0.2, 0) is 4.74 Å². The van der Waals surface area contributed by atoms with Crippen LogP contribution in [0.15, 0.2) is 30.3 Å². The zero-order valence-electron chi connectivity index (χ0n) is 12.1. The van der Waals surface area contributed by atoms with Gasteiger partial charge in [0.05, 0.1) is 0 Å². The fourth-order valence-electron chi connectivity index (χ4n) is 2.75. The number of hydrogen-bond donors (Lipinski definition) is 1. The van der Waals surface area contributed by atoms with Crippen LogP contribution in [0.1, 0.15) is 50.6 Å². The van der Waals surface area contributed by atoms with Gasteiger partial charge in [0.2, 0.25) is 0 Å². The minimum atomic E-state index is 0.517. The van der Waals surface area contributed by atoms with Crippen molar-refractivity contribution in [1.82, 2.24) is 5.32 Å². The number of hydrogen-bond acceptors (Lipinski definition) is 2. The minimum Gasteiger partial charge on any atom is -0.381 e.